The Labute approximate surface area is 101 Å². The minimum atomic E-state index is -0.136. The van der Waals surface area contributed by atoms with E-state index in [0.717, 1.165) is 25.9 Å². The predicted octanol–water partition coefficient (Wildman–Crippen LogP) is 1.06. The molecule has 0 aliphatic carbocycles. The molecule has 0 bridgehead atoms. The maximum Gasteiger partial charge on any atom is 0.290 e. The Morgan fingerprint density at radius 3 is 2.94 bits per heavy atom. The summed E-state index contributed by atoms with van der Waals surface area (Å²) in [7, 11) is 0. The van der Waals surface area contributed by atoms with Gasteiger partial charge in [-0.3, -0.25) is 4.79 Å². The number of nitrogens with one attached hydrogen (secondary N) is 2. The van der Waals surface area contributed by atoms with Gasteiger partial charge in [-0.05, 0) is 25.8 Å². The molecule has 1 aliphatic heterocycles. The third kappa shape index (κ3) is 3.30. The van der Waals surface area contributed by atoms with E-state index in [-0.39, 0.29) is 5.56 Å². The lowest BCUT2D eigenvalue weighted by Gasteiger charge is -2.32. The van der Waals surface area contributed by atoms with Gasteiger partial charge in [-0.15, -0.1) is 0 Å². The molecule has 1 fully saturated rings. The van der Waals surface area contributed by atoms with Gasteiger partial charge in [0.25, 0.3) is 5.56 Å². The molecule has 2 N–H and O–H groups in total. The summed E-state index contributed by atoms with van der Waals surface area (Å²) in [4.78, 5) is 20.6. The highest BCUT2D eigenvalue weighted by atomic mass is 16.1. The summed E-state index contributed by atoms with van der Waals surface area (Å²) < 4.78 is 0. The number of nitrogens with zero attached hydrogens (tertiary/aromatic N) is 2. The number of rotatable bonds is 4. The molecule has 0 saturated carbocycles. The molecular weight excluding hydrogens is 216 g/mol. The molecule has 0 spiro atoms. The first-order valence-electron chi connectivity index (χ1n) is 6.32. The zero-order chi connectivity index (χ0) is 12.1. The number of likely N-dealkylation sites (tertiary alicyclic amines) is 1. The van der Waals surface area contributed by atoms with Crippen molar-refractivity contribution >= 4 is 5.82 Å². The molecule has 0 aromatic carbocycles. The molecule has 0 radical (unpaired) electrons. The quantitative estimate of drug-likeness (QED) is 0.820. The number of piperidine rings is 1. The summed E-state index contributed by atoms with van der Waals surface area (Å²) in [5, 5.41) is 3.23. The van der Waals surface area contributed by atoms with Crippen LogP contribution in [0.25, 0.3) is 0 Å². The summed E-state index contributed by atoms with van der Waals surface area (Å²) in [6.07, 6.45) is 6.53. The minimum Gasteiger partial charge on any atom is -0.363 e. The Bertz CT molecular complexity index is 395. The molecule has 1 aromatic rings. The molecule has 17 heavy (non-hydrogen) atoms. The molecule has 2 rings (SSSR count). The lowest BCUT2D eigenvalue weighted by molar-refractivity contribution is 0.219. The number of anilines is 1. The molecule has 1 saturated heterocycles. The molecule has 1 aromatic heterocycles. The van der Waals surface area contributed by atoms with Crippen molar-refractivity contribution in [1.29, 1.82) is 0 Å². The fourth-order valence-corrected chi connectivity index (χ4v) is 2.27. The number of hydrogen-bond acceptors (Lipinski definition) is 4. The number of hydrogen-bond donors (Lipinski definition) is 2. The lowest BCUT2D eigenvalue weighted by atomic mass is 10.1. The topological polar surface area (TPSA) is 61.0 Å². The van der Waals surface area contributed by atoms with E-state index in [1.165, 1.54) is 13.0 Å². The number of aromatic amines is 1. The molecular formula is C12H20N4O. The predicted molar refractivity (Wildman–Crippen MR) is 68.2 cm³/mol. The van der Waals surface area contributed by atoms with Gasteiger partial charge in [0.2, 0.25) is 0 Å². The van der Waals surface area contributed by atoms with Gasteiger partial charge in [0, 0.05) is 31.5 Å². The Morgan fingerprint density at radius 2 is 2.29 bits per heavy atom. The van der Waals surface area contributed by atoms with Crippen LogP contribution in [-0.4, -0.2) is 40.5 Å². The third-order valence-corrected chi connectivity index (χ3v) is 3.18. The van der Waals surface area contributed by atoms with Gasteiger partial charge >= 0.3 is 0 Å². The first-order chi connectivity index (χ1) is 8.29. The van der Waals surface area contributed by atoms with E-state index in [1.807, 2.05) is 0 Å². The van der Waals surface area contributed by atoms with Crippen LogP contribution >= 0.6 is 0 Å². The van der Waals surface area contributed by atoms with Gasteiger partial charge in [-0.2, -0.15) is 0 Å². The monoisotopic (exact) mass is 236 g/mol. The van der Waals surface area contributed by atoms with Crippen LogP contribution in [0, 0.1) is 0 Å². The maximum atomic E-state index is 11.5. The van der Waals surface area contributed by atoms with E-state index < -0.39 is 0 Å². The second kappa shape index (κ2) is 5.82. The highest BCUT2D eigenvalue weighted by Gasteiger charge is 2.19. The van der Waals surface area contributed by atoms with Gasteiger partial charge in [0.05, 0.1) is 0 Å². The van der Waals surface area contributed by atoms with E-state index >= 15 is 0 Å². The van der Waals surface area contributed by atoms with Crippen LogP contribution in [0.2, 0.25) is 0 Å². The Morgan fingerprint density at radius 1 is 1.53 bits per heavy atom. The van der Waals surface area contributed by atoms with Crippen LogP contribution in [0.1, 0.15) is 26.2 Å². The summed E-state index contributed by atoms with van der Waals surface area (Å²) in [6.45, 7) is 5.60. The first kappa shape index (κ1) is 12.1. The second-order valence-corrected chi connectivity index (χ2v) is 4.53. The van der Waals surface area contributed by atoms with E-state index in [4.69, 9.17) is 0 Å². The van der Waals surface area contributed by atoms with Crippen molar-refractivity contribution in [3.8, 4) is 0 Å². The van der Waals surface area contributed by atoms with Crippen molar-refractivity contribution in [2.45, 2.75) is 32.2 Å². The zero-order valence-electron chi connectivity index (χ0n) is 10.3. The van der Waals surface area contributed by atoms with E-state index in [1.54, 1.807) is 12.4 Å². The Balaban J connectivity index is 1.86. The maximum absolute atomic E-state index is 11.5. The van der Waals surface area contributed by atoms with Crippen LogP contribution in [0.3, 0.4) is 0 Å². The van der Waals surface area contributed by atoms with Crippen molar-refractivity contribution in [2.24, 2.45) is 0 Å². The molecule has 1 aliphatic rings. The van der Waals surface area contributed by atoms with E-state index in [9.17, 15) is 4.79 Å². The van der Waals surface area contributed by atoms with Crippen molar-refractivity contribution in [2.75, 3.05) is 25.0 Å². The van der Waals surface area contributed by atoms with E-state index in [2.05, 4.69) is 27.1 Å². The molecule has 0 atom stereocenters. The number of aromatic nitrogens is 2. The summed E-state index contributed by atoms with van der Waals surface area (Å²) in [6, 6.07) is 0.374. The SMILES string of the molecule is CCCN1CCC(Nc2ncc[nH]c2=O)CC1. The van der Waals surface area contributed by atoms with Gasteiger partial charge in [-0.1, -0.05) is 6.92 Å². The molecule has 5 heteroatoms. The average molecular weight is 236 g/mol. The minimum absolute atomic E-state index is 0.136. The van der Waals surface area contributed by atoms with Gasteiger partial charge in [0.15, 0.2) is 5.82 Å². The standard InChI is InChI=1S/C12H20N4O/c1-2-7-16-8-3-10(4-9-16)15-11-12(17)14-6-5-13-11/h5-6,10H,2-4,7-9H2,1H3,(H,13,15)(H,14,17). The average Bonchev–Trinajstić information content (AvgIpc) is 2.35. The fourth-order valence-electron chi connectivity index (χ4n) is 2.27. The molecule has 0 amide bonds. The fraction of sp³-hybridized carbons (Fsp3) is 0.667. The Hall–Kier alpha value is -1.36. The molecule has 0 unspecified atom stereocenters. The van der Waals surface area contributed by atoms with Crippen molar-refractivity contribution < 1.29 is 0 Å². The number of H-pyrrole nitrogens is 1. The van der Waals surface area contributed by atoms with Gasteiger partial charge in [-0.25, -0.2) is 4.98 Å². The molecule has 2 heterocycles. The van der Waals surface area contributed by atoms with Crippen LogP contribution in [0.5, 0.6) is 0 Å². The third-order valence-electron chi connectivity index (χ3n) is 3.18. The van der Waals surface area contributed by atoms with E-state index in [0.29, 0.717) is 11.9 Å². The van der Waals surface area contributed by atoms with Crippen molar-refractivity contribution in [1.82, 2.24) is 14.9 Å². The summed E-state index contributed by atoms with van der Waals surface area (Å²) in [5.41, 5.74) is -0.136. The lowest BCUT2D eigenvalue weighted by Crippen LogP contribution is -2.40. The largest absolute Gasteiger partial charge is 0.363 e. The van der Waals surface area contributed by atoms with Gasteiger partial charge < -0.3 is 15.2 Å². The van der Waals surface area contributed by atoms with Crippen LogP contribution < -0.4 is 10.9 Å². The van der Waals surface area contributed by atoms with Crippen molar-refractivity contribution in [3.05, 3.63) is 22.7 Å². The normalized spacial score (nSPS) is 18.2. The summed E-state index contributed by atoms with van der Waals surface area (Å²) in [5.74, 6) is 0.446. The van der Waals surface area contributed by atoms with Crippen molar-refractivity contribution in [3.63, 3.8) is 0 Å². The second-order valence-electron chi connectivity index (χ2n) is 4.53. The van der Waals surface area contributed by atoms with Crippen LogP contribution in [-0.2, 0) is 0 Å². The highest BCUT2D eigenvalue weighted by molar-refractivity contribution is 5.31. The molecule has 94 valence electrons. The Kier molecular flexibility index (Phi) is 4.14. The zero-order valence-corrected chi connectivity index (χ0v) is 10.3. The van der Waals surface area contributed by atoms with Gasteiger partial charge in [0.1, 0.15) is 0 Å². The first-order valence-corrected chi connectivity index (χ1v) is 6.32. The van der Waals surface area contributed by atoms with Crippen LogP contribution in [0.4, 0.5) is 5.82 Å². The smallest absolute Gasteiger partial charge is 0.290 e. The van der Waals surface area contributed by atoms with Crippen LogP contribution in [0.15, 0.2) is 17.2 Å². The highest BCUT2D eigenvalue weighted by Crippen LogP contribution is 2.13. The molecule has 5 nitrogen and oxygen atoms in total. The summed E-state index contributed by atoms with van der Waals surface area (Å²) >= 11 is 0.